The first-order valence-electron chi connectivity index (χ1n) is 3.76. The van der Waals surface area contributed by atoms with Crippen LogP contribution in [0.2, 0.25) is 0 Å². The van der Waals surface area contributed by atoms with E-state index in [-0.39, 0.29) is 5.75 Å². The van der Waals surface area contributed by atoms with E-state index in [0.29, 0.717) is 5.69 Å². The van der Waals surface area contributed by atoms with Crippen molar-refractivity contribution < 1.29 is 5.11 Å². The average molecular weight is 211 g/mol. The molecule has 13 heavy (non-hydrogen) atoms. The Morgan fingerprint density at radius 2 is 2.31 bits per heavy atom. The van der Waals surface area contributed by atoms with Gasteiger partial charge in [0.25, 0.3) is 0 Å². The number of phenols is 1. The number of nitrogens with two attached hydrogens (primary N) is 1. The number of thioether (sulfide) groups is 1. The van der Waals surface area contributed by atoms with Crippen LogP contribution in [0.25, 0.3) is 10.1 Å². The molecule has 2 aromatic rings. The first-order chi connectivity index (χ1) is 6.24. The van der Waals surface area contributed by atoms with Crippen LogP contribution < -0.4 is 5.73 Å². The molecule has 0 aliphatic rings. The van der Waals surface area contributed by atoms with E-state index in [1.54, 1.807) is 29.2 Å². The molecule has 0 atom stereocenters. The molecule has 1 aromatic heterocycles. The van der Waals surface area contributed by atoms with Crippen molar-refractivity contribution in [1.82, 2.24) is 0 Å². The van der Waals surface area contributed by atoms with Gasteiger partial charge >= 0.3 is 0 Å². The van der Waals surface area contributed by atoms with Crippen molar-refractivity contribution in [1.29, 1.82) is 0 Å². The Kier molecular flexibility index (Phi) is 2.09. The van der Waals surface area contributed by atoms with Crippen LogP contribution in [0.1, 0.15) is 0 Å². The van der Waals surface area contributed by atoms with E-state index in [1.165, 1.54) is 0 Å². The molecular formula is C9H9NOS2. The molecule has 1 heterocycles. The number of rotatable bonds is 1. The molecule has 2 rings (SSSR count). The molecule has 0 aliphatic carbocycles. The fourth-order valence-corrected chi connectivity index (χ4v) is 3.14. The monoisotopic (exact) mass is 211 g/mol. The second-order valence-electron chi connectivity index (χ2n) is 2.68. The number of thiophene rings is 1. The van der Waals surface area contributed by atoms with Gasteiger partial charge in [0.05, 0.1) is 15.3 Å². The maximum absolute atomic E-state index is 9.51. The Morgan fingerprint density at radius 1 is 1.54 bits per heavy atom. The van der Waals surface area contributed by atoms with Crippen LogP contribution >= 0.6 is 23.1 Å². The maximum atomic E-state index is 9.51. The summed E-state index contributed by atoms with van der Waals surface area (Å²) in [6.07, 6.45) is 1.96. The summed E-state index contributed by atoms with van der Waals surface area (Å²) in [5.74, 6) is 0.176. The average Bonchev–Trinajstić information content (AvgIpc) is 2.54. The van der Waals surface area contributed by atoms with Gasteiger partial charge in [-0.1, -0.05) is 0 Å². The van der Waals surface area contributed by atoms with Crippen molar-refractivity contribution in [3.8, 4) is 5.75 Å². The molecule has 2 nitrogen and oxygen atoms in total. The van der Waals surface area contributed by atoms with Crippen molar-refractivity contribution in [3.05, 3.63) is 17.5 Å². The second kappa shape index (κ2) is 3.12. The van der Waals surface area contributed by atoms with Gasteiger partial charge in [0.2, 0.25) is 0 Å². The van der Waals surface area contributed by atoms with Gasteiger partial charge in [-0.05, 0) is 29.2 Å². The van der Waals surface area contributed by atoms with E-state index >= 15 is 0 Å². The number of benzene rings is 1. The second-order valence-corrected chi connectivity index (χ2v) is 4.41. The molecule has 0 saturated carbocycles. The van der Waals surface area contributed by atoms with Crippen LogP contribution in [-0.4, -0.2) is 11.4 Å². The normalized spacial score (nSPS) is 10.8. The number of aromatic hydroxyl groups is 1. The lowest BCUT2D eigenvalue weighted by molar-refractivity contribution is 0.478. The highest BCUT2D eigenvalue weighted by atomic mass is 32.2. The standard InChI is InChI=1S/C9H9NOS2/c1-12-9-7(10)6(11)4-5-2-3-13-8(5)9/h2-4,11H,10H2,1H3. The van der Waals surface area contributed by atoms with Gasteiger partial charge in [0, 0.05) is 0 Å². The fraction of sp³-hybridized carbons (Fsp3) is 0.111. The SMILES string of the molecule is CSc1c(N)c(O)cc2ccsc12. The minimum atomic E-state index is 0.176. The van der Waals surface area contributed by atoms with Crippen molar-refractivity contribution in [2.24, 2.45) is 0 Å². The summed E-state index contributed by atoms with van der Waals surface area (Å²) in [7, 11) is 0. The summed E-state index contributed by atoms with van der Waals surface area (Å²) in [4.78, 5) is 0.977. The quantitative estimate of drug-likeness (QED) is 0.433. The summed E-state index contributed by atoms with van der Waals surface area (Å²) in [6.45, 7) is 0. The maximum Gasteiger partial charge on any atom is 0.140 e. The van der Waals surface area contributed by atoms with Gasteiger partial charge in [-0.2, -0.15) is 0 Å². The molecule has 0 bridgehead atoms. The third kappa shape index (κ3) is 1.26. The van der Waals surface area contributed by atoms with Gasteiger partial charge in [-0.15, -0.1) is 23.1 Å². The zero-order valence-electron chi connectivity index (χ0n) is 7.07. The van der Waals surface area contributed by atoms with E-state index in [1.807, 2.05) is 17.7 Å². The number of fused-ring (bicyclic) bond motifs is 1. The zero-order valence-corrected chi connectivity index (χ0v) is 8.71. The lowest BCUT2D eigenvalue weighted by Gasteiger charge is -2.05. The van der Waals surface area contributed by atoms with Crippen LogP contribution in [0.4, 0.5) is 5.69 Å². The van der Waals surface area contributed by atoms with Crippen molar-refractivity contribution in [2.75, 3.05) is 12.0 Å². The highest BCUT2D eigenvalue weighted by Crippen LogP contribution is 2.40. The number of hydrogen-bond donors (Lipinski definition) is 2. The zero-order chi connectivity index (χ0) is 9.42. The van der Waals surface area contributed by atoms with Gasteiger partial charge in [0.1, 0.15) is 5.75 Å². The molecule has 1 aromatic carbocycles. The molecule has 0 aliphatic heterocycles. The third-order valence-electron chi connectivity index (χ3n) is 1.92. The summed E-state index contributed by atoms with van der Waals surface area (Å²) < 4.78 is 1.16. The van der Waals surface area contributed by atoms with Crippen LogP contribution in [0.3, 0.4) is 0 Å². The van der Waals surface area contributed by atoms with Gasteiger partial charge < -0.3 is 10.8 Å². The summed E-state index contributed by atoms with van der Waals surface area (Å²) in [5, 5.41) is 12.6. The molecular weight excluding hydrogens is 202 g/mol. The van der Waals surface area contributed by atoms with Crippen molar-refractivity contribution in [2.45, 2.75) is 4.90 Å². The van der Waals surface area contributed by atoms with Crippen LogP contribution in [0.5, 0.6) is 5.75 Å². The van der Waals surface area contributed by atoms with E-state index in [0.717, 1.165) is 15.0 Å². The Morgan fingerprint density at radius 3 is 3.00 bits per heavy atom. The largest absolute Gasteiger partial charge is 0.506 e. The first-order valence-corrected chi connectivity index (χ1v) is 5.87. The predicted octanol–water partition coefficient (Wildman–Crippen LogP) is 2.91. The van der Waals surface area contributed by atoms with E-state index < -0.39 is 0 Å². The summed E-state index contributed by atoms with van der Waals surface area (Å²) in [6, 6.07) is 3.69. The lowest BCUT2D eigenvalue weighted by atomic mass is 10.2. The highest BCUT2D eigenvalue weighted by Gasteiger charge is 2.09. The molecule has 0 unspecified atom stereocenters. The third-order valence-corrected chi connectivity index (χ3v) is 3.83. The van der Waals surface area contributed by atoms with Crippen LogP contribution in [0.15, 0.2) is 22.4 Å². The molecule has 0 fully saturated rings. The minimum absolute atomic E-state index is 0.176. The molecule has 3 N–H and O–H groups in total. The topological polar surface area (TPSA) is 46.2 Å². The molecule has 68 valence electrons. The molecule has 0 saturated heterocycles. The molecule has 4 heteroatoms. The Balaban J connectivity index is 2.87. The molecule has 0 radical (unpaired) electrons. The fourth-order valence-electron chi connectivity index (χ4n) is 1.28. The highest BCUT2D eigenvalue weighted by molar-refractivity contribution is 7.99. The van der Waals surface area contributed by atoms with E-state index in [9.17, 15) is 5.11 Å². The number of anilines is 1. The van der Waals surface area contributed by atoms with Gasteiger partial charge in [0.15, 0.2) is 0 Å². The Hall–Kier alpha value is -0.870. The molecule has 0 spiro atoms. The Labute approximate surface area is 84.4 Å². The van der Waals surface area contributed by atoms with Crippen molar-refractivity contribution >= 4 is 38.9 Å². The van der Waals surface area contributed by atoms with Crippen LogP contribution in [-0.2, 0) is 0 Å². The minimum Gasteiger partial charge on any atom is -0.506 e. The van der Waals surface area contributed by atoms with Gasteiger partial charge in [-0.25, -0.2) is 0 Å². The summed E-state index contributed by atoms with van der Waals surface area (Å²) in [5.41, 5.74) is 6.24. The smallest absolute Gasteiger partial charge is 0.140 e. The number of hydrogen-bond acceptors (Lipinski definition) is 4. The van der Waals surface area contributed by atoms with Gasteiger partial charge in [-0.3, -0.25) is 0 Å². The predicted molar refractivity (Wildman–Crippen MR) is 59.7 cm³/mol. The lowest BCUT2D eigenvalue weighted by Crippen LogP contribution is -1.88. The number of phenolic OH excluding ortho intramolecular Hbond substituents is 1. The Bertz CT molecular complexity index is 450. The first kappa shape index (κ1) is 8.72. The summed E-state index contributed by atoms with van der Waals surface area (Å²) >= 11 is 3.22. The number of nitrogen functional groups attached to an aromatic ring is 1. The van der Waals surface area contributed by atoms with E-state index in [4.69, 9.17) is 5.73 Å². The molecule has 0 amide bonds. The van der Waals surface area contributed by atoms with E-state index in [2.05, 4.69) is 0 Å². The van der Waals surface area contributed by atoms with Crippen molar-refractivity contribution in [3.63, 3.8) is 0 Å². The van der Waals surface area contributed by atoms with Crippen LogP contribution in [0, 0.1) is 0 Å².